The van der Waals surface area contributed by atoms with Crippen molar-refractivity contribution in [1.29, 1.82) is 0 Å². The molecule has 0 heterocycles. The molecule has 0 unspecified atom stereocenters. The molecule has 0 bridgehead atoms. The largest absolute Gasteiger partial charge is 0.508 e. The number of carbonyl (C=O) groups is 1. The first-order valence-electron chi connectivity index (χ1n) is 16.5. The zero-order valence-corrected chi connectivity index (χ0v) is 26.2. The zero-order chi connectivity index (χ0) is 30.2. The van der Waals surface area contributed by atoms with E-state index in [1.165, 1.54) is 68.1 Å². The van der Waals surface area contributed by atoms with Gasteiger partial charge in [-0.05, 0) is 97.6 Å². The Morgan fingerprint density at radius 1 is 0.786 bits per heavy atom. The molecule has 3 rings (SSSR count). The Bertz CT molecular complexity index is 1100. The molecule has 0 aliphatic heterocycles. The van der Waals surface area contributed by atoms with Crippen molar-refractivity contribution in [3.05, 3.63) is 70.8 Å². The highest BCUT2D eigenvalue weighted by molar-refractivity contribution is 5.87. The van der Waals surface area contributed by atoms with E-state index in [1.54, 1.807) is 0 Å². The molecular formula is C37H54O5. The lowest BCUT2D eigenvalue weighted by Gasteiger charge is -2.30. The minimum Gasteiger partial charge on any atom is -0.508 e. The van der Waals surface area contributed by atoms with Crippen LogP contribution in [0.5, 0.6) is 11.5 Å². The first-order valence-corrected chi connectivity index (χ1v) is 16.5. The average Bonchev–Trinajstić information content (AvgIpc) is 3.01. The van der Waals surface area contributed by atoms with E-state index < -0.39 is 12.6 Å². The Morgan fingerprint density at radius 3 is 1.88 bits per heavy atom. The molecule has 1 saturated carbocycles. The van der Waals surface area contributed by atoms with Gasteiger partial charge in [0.2, 0.25) is 6.79 Å². The molecule has 232 valence electrons. The van der Waals surface area contributed by atoms with Gasteiger partial charge in [0.1, 0.15) is 11.5 Å². The molecule has 0 saturated heterocycles. The monoisotopic (exact) mass is 578 g/mol. The van der Waals surface area contributed by atoms with E-state index in [2.05, 4.69) is 44.7 Å². The van der Waals surface area contributed by atoms with Gasteiger partial charge in [-0.25, -0.2) is 4.79 Å². The molecule has 5 nitrogen and oxygen atoms in total. The summed E-state index contributed by atoms with van der Waals surface area (Å²) in [5.74, 6) is 1.64. The van der Waals surface area contributed by atoms with E-state index in [-0.39, 0.29) is 12.4 Å². The van der Waals surface area contributed by atoms with Gasteiger partial charge in [0.05, 0.1) is 12.2 Å². The van der Waals surface area contributed by atoms with Crippen LogP contribution >= 0.6 is 0 Å². The van der Waals surface area contributed by atoms with E-state index in [1.807, 2.05) is 12.1 Å². The first kappa shape index (κ1) is 33.7. The van der Waals surface area contributed by atoms with Gasteiger partial charge in [-0.2, -0.15) is 0 Å². The van der Waals surface area contributed by atoms with E-state index in [9.17, 15) is 9.90 Å². The summed E-state index contributed by atoms with van der Waals surface area (Å²) < 4.78 is 11.0. The number of carbonyl (C=O) groups excluding carboxylic acids is 1. The van der Waals surface area contributed by atoms with Crippen molar-refractivity contribution < 1.29 is 24.5 Å². The van der Waals surface area contributed by atoms with Gasteiger partial charge in [-0.3, -0.25) is 0 Å². The van der Waals surface area contributed by atoms with Crippen LogP contribution in [0.15, 0.2) is 48.6 Å². The summed E-state index contributed by atoms with van der Waals surface area (Å²) in [7, 11) is 0. The predicted molar refractivity (Wildman–Crippen MR) is 171 cm³/mol. The molecule has 0 atom stereocenters. The summed E-state index contributed by atoms with van der Waals surface area (Å²) in [5.41, 5.74) is 5.05. The Hall–Kier alpha value is -2.79. The number of ether oxygens (including phenoxy) is 2. The Balaban J connectivity index is 1.60. The lowest BCUT2D eigenvalue weighted by Crippen LogP contribution is -2.15. The maximum Gasteiger partial charge on any atom is 0.338 e. The van der Waals surface area contributed by atoms with E-state index >= 15 is 0 Å². The first-order chi connectivity index (χ1) is 20.5. The Kier molecular flexibility index (Phi) is 15.0. The number of hydrogen-bond donors (Lipinski definition) is 2. The zero-order valence-electron chi connectivity index (χ0n) is 26.2. The van der Waals surface area contributed by atoms with Crippen molar-refractivity contribution in [3.8, 4) is 11.5 Å². The van der Waals surface area contributed by atoms with Gasteiger partial charge >= 0.3 is 5.97 Å². The van der Waals surface area contributed by atoms with Crippen LogP contribution in [0.3, 0.4) is 0 Å². The third-order valence-electron chi connectivity index (χ3n) is 8.84. The molecule has 0 amide bonds. The van der Waals surface area contributed by atoms with Crippen LogP contribution < -0.4 is 4.74 Å². The molecule has 1 aliphatic carbocycles. The molecule has 0 spiro atoms. The highest BCUT2D eigenvalue weighted by Gasteiger charge is 2.25. The number of esters is 1. The second-order valence-electron chi connectivity index (χ2n) is 12.1. The maximum atomic E-state index is 11.9. The molecule has 5 heteroatoms. The van der Waals surface area contributed by atoms with Gasteiger partial charge in [0.25, 0.3) is 0 Å². The van der Waals surface area contributed by atoms with Crippen LogP contribution in [0.2, 0.25) is 0 Å². The third kappa shape index (κ3) is 10.8. The molecule has 2 aromatic rings. The van der Waals surface area contributed by atoms with Crippen LogP contribution in [0.25, 0.3) is 0 Å². The van der Waals surface area contributed by atoms with Crippen LogP contribution in [0.1, 0.15) is 138 Å². The van der Waals surface area contributed by atoms with Crippen molar-refractivity contribution in [2.75, 3.05) is 13.4 Å². The SMILES string of the molecule is C=C(CO)C(=O)OCOc1ccc(C2CCC(c3ccc(O)c(CCCCCCC)c3)CC2)cc1CCCCCCC. The minimum absolute atomic E-state index is 0.0200. The number of aryl methyl sites for hydroxylation is 2. The van der Waals surface area contributed by atoms with Gasteiger partial charge in [0, 0.05) is 0 Å². The molecule has 0 radical (unpaired) electrons. The smallest absolute Gasteiger partial charge is 0.338 e. The fourth-order valence-electron chi connectivity index (χ4n) is 6.16. The van der Waals surface area contributed by atoms with Crippen molar-refractivity contribution >= 4 is 5.97 Å². The lowest BCUT2D eigenvalue weighted by molar-refractivity contribution is -0.145. The van der Waals surface area contributed by atoms with Crippen LogP contribution in [-0.4, -0.2) is 29.6 Å². The van der Waals surface area contributed by atoms with Crippen molar-refractivity contribution in [3.63, 3.8) is 0 Å². The topological polar surface area (TPSA) is 76.0 Å². The maximum absolute atomic E-state index is 11.9. The number of phenols is 1. The number of aromatic hydroxyl groups is 1. The number of rotatable bonds is 19. The van der Waals surface area contributed by atoms with Gasteiger partial charge in [-0.15, -0.1) is 0 Å². The molecule has 0 aromatic heterocycles. The Labute approximate surface area is 254 Å². The molecular weight excluding hydrogens is 524 g/mol. The predicted octanol–water partition coefficient (Wildman–Crippen LogP) is 9.29. The minimum atomic E-state index is -0.639. The van der Waals surface area contributed by atoms with Gasteiger partial charge in [0.15, 0.2) is 0 Å². The fraction of sp³-hybridized carbons (Fsp3) is 0.595. The molecule has 2 N–H and O–H groups in total. The molecule has 1 fully saturated rings. The third-order valence-corrected chi connectivity index (χ3v) is 8.84. The second-order valence-corrected chi connectivity index (χ2v) is 12.1. The highest BCUT2D eigenvalue weighted by atomic mass is 16.7. The molecule has 2 aromatic carbocycles. The number of phenolic OH excluding ortho intramolecular Hbond substituents is 1. The molecule has 1 aliphatic rings. The van der Waals surface area contributed by atoms with Crippen molar-refractivity contribution in [2.24, 2.45) is 0 Å². The van der Waals surface area contributed by atoms with Crippen LogP contribution in [0, 0.1) is 0 Å². The summed E-state index contributed by atoms with van der Waals surface area (Å²) in [6.07, 6.45) is 18.7. The normalized spacial score (nSPS) is 16.7. The number of aliphatic hydroxyl groups excluding tert-OH is 1. The fourth-order valence-corrected chi connectivity index (χ4v) is 6.16. The molecule has 42 heavy (non-hydrogen) atoms. The number of aliphatic hydroxyl groups is 1. The average molecular weight is 579 g/mol. The van der Waals surface area contributed by atoms with Crippen molar-refractivity contribution in [2.45, 2.75) is 128 Å². The standard InChI is InChI=1S/C37H54O5/c1-4-6-8-10-12-14-33-24-31(20-22-35(33)39)29-16-18-30(19-17-29)32-21-23-36(41-27-42-37(40)28(3)26-38)34(25-32)15-13-11-9-7-5-2/h20-25,29-30,38-39H,3-19,26-27H2,1-2H3. The summed E-state index contributed by atoms with van der Waals surface area (Å²) in [5, 5.41) is 19.5. The highest BCUT2D eigenvalue weighted by Crippen LogP contribution is 2.42. The summed E-state index contributed by atoms with van der Waals surface area (Å²) in [4.78, 5) is 11.9. The second kappa shape index (κ2) is 18.7. The van der Waals surface area contributed by atoms with Crippen molar-refractivity contribution in [1.82, 2.24) is 0 Å². The van der Waals surface area contributed by atoms with Gasteiger partial charge in [-0.1, -0.05) is 96.1 Å². The van der Waals surface area contributed by atoms with E-state index in [4.69, 9.17) is 14.6 Å². The lowest BCUT2D eigenvalue weighted by atomic mass is 9.75. The number of unbranched alkanes of at least 4 members (excludes halogenated alkanes) is 8. The summed E-state index contributed by atoms with van der Waals surface area (Å²) in [6.45, 7) is 7.35. The number of hydrogen-bond acceptors (Lipinski definition) is 5. The van der Waals surface area contributed by atoms with Crippen LogP contribution in [0.4, 0.5) is 0 Å². The quantitative estimate of drug-likeness (QED) is 0.0752. The van der Waals surface area contributed by atoms with E-state index in [0.29, 0.717) is 17.6 Å². The summed E-state index contributed by atoms with van der Waals surface area (Å²) in [6, 6.07) is 12.8. The van der Waals surface area contributed by atoms with Gasteiger partial charge < -0.3 is 19.7 Å². The van der Waals surface area contributed by atoms with E-state index in [0.717, 1.165) is 62.7 Å². The van der Waals surface area contributed by atoms with Crippen LogP contribution in [-0.2, 0) is 22.4 Å². The Morgan fingerprint density at radius 2 is 1.31 bits per heavy atom. The number of benzene rings is 2. The summed E-state index contributed by atoms with van der Waals surface area (Å²) >= 11 is 0.